The van der Waals surface area contributed by atoms with Crippen LogP contribution >= 0.6 is 11.6 Å². The Hall–Kier alpha value is -0.750. The second-order valence-corrected chi connectivity index (χ2v) is 8.14. The highest BCUT2D eigenvalue weighted by Crippen LogP contribution is 2.34. The van der Waals surface area contributed by atoms with Crippen LogP contribution in [0.15, 0.2) is 30.8 Å². The van der Waals surface area contributed by atoms with Crippen LogP contribution in [0.2, 0.25) is 0 Å². The fourth-order valence-corrected chi connectivity index (χ4v) is 3.49. The van der Waals surface area contributed by atoms with E-state index >= 15 is 0 Å². The molecule has 1 heteroatoms. The molecule has 0 aliphatic heterocycles. The highest BCUT2D eigenvalue weighted by molar-refractivity contribution is 6.23. The lowest BCUT2D eigenvalue weighted by Crippen LogP contribution is -2.13. The zero-order valence-electron chi connectivity index (χ0n) is 16.0. The molecule has 136 valence electrons. The molecule has 0 amide bonds. The van der Waals surface area contributed by atoms with Crippen LogP contribution < -0.4 is 0 Å². The van der Waals surface area contributed by atoms with Crippen LogP contribution in [-0.4, -0.2) is 0 Å². The van der Waals surface area contributed by atoms with Gasteiger partial charge in [0.25, 0.3) is 0 Å². The van der Waals surface area contributed by atoms with Crippen molar-refractivity contribution >= 4 is 17.7 Å². The average Bonchev–Trinajstić information content (AvgIpc) is 2.59. The van der Waals surface area contributed by atoms with Crippen molar-refractivity contribution in [1.82, 2.24) is 0 Å². The first-order chi connectivity index (χ1) is 11.6. The van der Waals surface area contributed by atoms with Gasteiger partial charge < -0.3 is 0 Å². The van der Waals surface area contributed by atoms with Gasteiger partial charge in [0.2, 0.25) is 0 Å². The molecule has 0 saturated carbocycles. The third kappa shape index (κ3) is 8.92. The zero-order chi connectivity index (χ0) is 17.7. The van der Waals surface area contributed by atoms with Crippen LogP contribution in [-0.2, 0) is 4.87 Å². The van der Waals surface area contributed by atoms with Gasteiger partial charge in [0.05, 0.1) is 4.87 Å². The van der Waals surface area contributed by atoms with Crippen molar-refractivity contribution in [3.05, 3.63) is 42.0 Å². The largest absolute Gasteiger partial charge is 0.114 e. The molecule has 1 unspecified atom stereocenters. The van der Waals surface area contributed by atoms with Crippen LogP contribution in [0.4, 0.5) is 0 Å². The molecule has 0 spiro atoms. The summed E-state index contributed by atoms with van der Waals surface area (Å²) >= 11 is 6.75. The molecular weight excluding hydrogens is 312 g/mol. The highest BCUT2D eigenvalue weighted by Gasteiger charge is 2.22. The monoisotopic (exact) mass is 348 g/mol. The Labute approximate surface area is 155 Å². The summed E-state index contributed by atoms with van der Waals surface area (Å²) in [6.45, 7) is 8.23. The Morgan fingerprint density at radius 2 is 1.29 bits per heavy atom. The Balaban J connectivity index is 2.08. The SMILES string of the molecule is C=Cc1ccc(C(C)(Cl)CCCCCCCCCCCCC)cc1. The number of benzene rings is 1. The Kier molecular flexibility index (Phi) is 11.2. The van der Waals surface area contributed by atoms with Crippen molar-refractivity contribution in [2.24, 2.45) is 0 Å². The van der Waals surface area contributed by atoms with E-state index in [1.165, 1.54) is 76.2 Å². The van der Waals surface area contributed by atoms with Crippen molar-refractivity contribution in [1.29, 1.82) is 0 Å². The van der Waals surface area contributed by atoms with Gasteiger partial charge >= 0.3 is 0 Å². The van der Waals surface area contributed by atoms with Crippen molar-refractivity contribution in [3.63, 3.8) is 0 Å². The fourth-order valence-electron chi connectivity index (χ4n) is 3.23. The highest BCUT2D eigenvalue weighted by atomic mass is 35.5. The van der Waals surface area contributed by atoms with Crippen LogP contribution in [0.1, 0.15) is 102 Å². The minimum Gasteiger partial charge on any atom is -0.114 e. The van der Waals surface area contributed by atoms with E-state index in [-0.39, 0.29) is 4.87 Å². The van der Waals surface area contributed by atoms with E-state index < -0.39 is 0 Å². The molecule has 0 N–H and O–H groups in total. The first-order valence-electron chi connectivity index (χ1n) is 10.0. The maximum atomic E-state index is 6.75. The summed E-state index contributed by atoms with van der Waals surface area (Å²) in [7, 11) is 0. The first-order valence-corrected chi connectivity index (χ1v) is 10.4. The smallest absolute Gasteiger partial charge is 0.0666 e. The molecular formula is C23H37Cl. The molecule has 0 nitrogen and oxygen atoms in total. The van der Waals surface area contributed by atoms with E-state index in [0.29, 0.717) is 0 Å². The van der Waals surface area contributed by atoms with E-state index in [2.05, 4.69) is 44.7 Å². The third-order valence-electron chi connectivity index (χ3n) is 5.00. The standard InChI is InChI=1S/C23H37Cl/c1-4-6-7-8-9-10-11-12-13-14-15-20-23(3,24)22-18-16-21(5-2)17-19-22/h5,16-19H,2,4,6-15,20H2,1,3H3. The molecule has 0 radical (unpaired) electrons. The number of unbranched alkanes of at least 4 members (excludes halogenated alkanes) is 10. The maximum absolute atomic E-state index is 6.75. The van der Waals surface area contributed by atoms with E-state index in [4.69, 9.17) is 11.6 Å². The summed E-state index contributed by atoms with van der Waals surface area (Å²) in [5.41, 5.74) is 2.38. The van der Waals surface area contributed by atoms with Crippen molar-refractivity contribution < 1.29 is 0 Å². The minimum atomic E-state index is -0.237. The average molecular weight is 349 g/mol. The van der Waals surface area contributed by atoms with E-state index in [1.54, 1.807) is 0 Å². The number of alkyl halides is 1. The van der Waals surface area contributed by atoms with E-state index in [1.807, 2.05) is 6.08 Å². The van der Waals surface area contributed by atoms with Gasteiger partial charge in [0.15, 0.2) is 0 Å². The summed E-state index contributed by atoms with van der Waals surface area (Å²) in [4.78, 5) is -0.237. The lowest BCUT2D eigenvalue weighted by Gasteiger charge is -2.22. The normalized spacial score (nSPS) is 13.6. The van der Waals surface area contributed by atoms with Crippen molar-refractivity contribution in [3.8, 4) is 0 Å². The van der Waals surface area contributed by atoms with E-state index in [9.17, 15) is 0 Å². The quantitative estimate of drug-likeness (QED) is 0.233. The molecule has 1 atom stereocenters. The topological polar surface area (TPSA) is 0 Å². The van der Waals surface area contributed by atoms with Gasteiger partial charge in [0.1, 0.15) is 0 Å². The molecule has 0 bridgehead atoms. The summed E-state index contributed by atoms with van der Waals surface area (Å²) in [6, 6.07) is 8.48. The second kappa shape index (κ2) is 12.6. The third-order valence-corrected chi connectivity index (χ3v) is 5.41. The second-order valence-electron chi connectivity index (χ2n) is 7.31. The summed E-state index contributed by atoms with van der Waals surface area (Å²) < 4.78 is 0. The zero-order valence-corrected chi connectivity index (χ0v) is 16.7. The van der Waals surface area contributed by atoms with E-state index in [0.717, 1.165) is 12.0 Å². The van der Waals surface area contributed by atoms with Gasteiger partial charge in [-0.3, -0.25) is 0 Å². The molecule has 0 aliphatic carbocycles. The van der Waals surface area contributed by atoms with Gasteiger partial charge in [-0.05, 0) is 24.5 Å². The molecule has 0 fully saturated rings. The lowest BCUT2D eigenvalue weighted by molar-refractivity contribution is 0.513. The number of hydrogen-bond donors (Lipinski definition) is 0. The Bertz CT molecular complexity index is 430. The number of halogens is 1. The minimum absolute atomic E-state index is 0.237. The molecule has 0 aromatic heterocycles. The Morgan fingerprint density at radius 1 is 0.833 bits per heavy atom. The van der Waals surface area contributed by atoms with Crippen molar-refractivity contribution in [2.45, 2.75) is 95.8 Å². The summed E-state index contributed by atoms with van der Waals surface area (Å²) in [6.07, 6.45) is 18.1. The molecule has 1 rings (SSSR count). The van der Waals surface area contributed by atoms with Gasteiger partial charge in [-0.25, -0.2) is 0 Å². The summed E-state index contributed by atoms with van der Waals surface area (Å²) in [5.74, 6) is 0. The van der Waals surface area contributed by atoms with Crippen molar-refractivity contribution in [2.75, 3.05) is 0 Å². The summed E-state index contributed by atoms with van der Waals surface area (Å²) in [5, 5.41) is 0. The predicted molar refractivity (Wildman–Crippen MR) is 111 cm³/mol. The number of hydrogen-bond acceptors (Lipinski definition) is 0. The molecule has 24 heavy (non-hydrogen) atoms. The van der Waals surface area contributed by atoms with Crippen LogP contribution in [0.5, 0.6) is 0 Å². The van der Waals surface area contributed by atoms with Gasteiger partial charge in [-0.1, -0.05) is 114 Å². The first kappa shape index (κ1) is 21.3. The molecule has 0 saturated heterocycles. The van der Waals surface area contributed by atoms with Crippen LogP contribution in [0.25, 0.3) is 6.08 Å². The molecule has 1 aromatic carbocycles. The predicted octanol–water partition coefficient (Wildman–Crippen LogP) is 8.48. The number of rotatable bonds is 14. The lowest BCUT2D eigenvalue weighted by atomic mass is 9.93. The van der Waals surface area contributed by atoms with Gasteiger partial charge in [-0.2, -0.15) is 0 Å². The van der Waals surface area contributed by atoms with Gasteiger partial charge in [0, 0.05) is 0 Å². The van der Waals surface area contributed by atoms with Gasteiger partial charge in [-0.15, -0.1) is 11.6 Å². The molecule has 0 aliphatic rings. The van der Waals surface area contributed by atoms with Crippen LogP contribution in [0.3, 0.4) is 0 Å². The molecule has 0 heterocycles. The molecule has 1 aromatic rings. The fraction of sp³-hybridized carbons (Fsp3) is 0.652. The maximum Gasteiger partial charge on any atom is 0.0666 e. The Morgan fingerprint density at radius 3 is 1.75 bits per heavy atom. The van der Waals surface area contributed by atoms with Crippen LogP contribution in [0, 0.1) is 0 Å².